The molecule has 38 heavy (non-hydrogen) atoms. The number of hydrogen-bond donors (Lipinski definition) is 0. The van der Waals surface area contributed by atoms with Gasteiger partial charge < -0.3 is 14.4 Å². The lowest BCUT2D eigenvalue weighted by Gasteiger charge is -2.22. The monoisotopic (exact) mass is 519 g/mol. The molecule has 1 aliphatic carbocycles. The predicted octanol–water partition coefficient (Wildman–Crippen LogP) is 3.26. The highest BCUT2D eigenvalue weighted by Gasteiger charge is 2.50. The summed E-state index contributed by atoms with van der Waals surface area (Å²) in [5.74, 6) is -2.91. The molecule has 3 amide bonds. The van der Waals surface area contributed by atoms with Crippen molar-refractivity contribution < 1.29 is 33.6 Å². The number of allylic oxidation sites excluding steroid dienone is 2. The van der Waals surface area contributed by atoms with Gasteiger partial charge in [0, 0.05) is 25.1 Å². The van der Waals surface area contributed by atoms with Crippen molar-refractivity contribution in [3.05, 3.63) is 64.7 Å². The maximum atomic E-state index is 13.1. The molecule has 0 saturated carbocycles. The second-order valence-electron chi connectivity index (χ2n) is 9.60. The molecule has 0 aromatic heterocycles. The smallest absolute Gasteiger partial charge is 0.316 e. The number of nitro benzene ring substituents is 1. The summed E-state index contributed by atoms with van der Waals surface area (Å²) in [6.07, 6.45) is 4.27. The molecule has 2 aromatic carbocycles. The van der Waals surface area contributed by atoms with Gasteiger partial charge in [0.25, 0.3) is 5.69 Å². The lowest BCUT2D eigenvalue weighted by atomic mass is 9.78. The van der Waals surface area contributed by atoms with Gasteiger partial charge in [-0.1, -0.05) is 25.1 Å². The molecule has 0 bridgehead atoms. The van der Waals surface area contributed by atoms with Crippen molar-refractivity contribution in [3.63, 3.8) is 0 Å². The van der Waals surface area contributed by atoms with Gasteiger partial charge in [0.05, 0.1) is 47.2 Å². The molecule has 3 aliphatic rings. The highest BCUT2D eigenvalue weighted by Crippen LogP contribution is 2.41. The first kappa shape index (κ1) is 25.1. The predicted molar refractivity (Wildman–Crippen MR) is 135 cm³/mol. The van der Waals surface area contributed by atoms with Crippen LogP contribution in [-0.4, -0.2) is 42.3 Å². The lowest BCUT2D eigenvalue weighted by molar-refractivity contribution is -0.384. The first-order valence-corrected chi connectivity index (χ1v) is 12.2. The maximum absolute atomic E-state index is 13.1. The Labute approximate surface area is 217 Å². The molecule has 2 aromatic rings. The van der Waals surface area contributed by atoms with Gasteiger partial charge in [-0.3, -0.25) is 29.3 Å². The zero-order valence-corrected chi connectivity index (χ0v) is 20.7. The Morgan fingerprint density at radius 2 is 1.89 bits per heavy atom. The highest BCUT2D eigenvalue weighted by molar-refractivity contribution is 6.22. The summed E-state index contributed by atoms with van der Waals surface area (Å²) in [5.41, 5.74) is 0.455. The van der Waals surface area contributed by atoms with Crippen molar-refractivity contribution in [3.8, 4) is 11.5 Å². The summed E-state index contributed by atoms with van der Waals surface area (Å²) >= 11 is 0. The topological polar surface area (TPSA) is 136 Å². The van der Waals surface area contributed by atoms with Crippen LogP contribution >= 0.6 is 0 Å². The third-order valence-electron chi connectivity index (χ3n) is 7.29. The average molecular weight is 520 g/mol. The number of amides is 3. The summed E-state index contributed by atoms with van der Waals surface area (Å²) in [4.78, 5) is 64.8. The van der Waals surface area contributed by atoms with Crippen LogP contribution < -0.4 is 19.3 Å². The molecule has 0 unspecified atom stereocenters. The molecule has 196 valence electrons. The number of rotatable bonds is 6. The fourth-order valence-electron chi connectivity index (χ4n) is 5.39. The minimum Gasteiger partial charge on any atom is -0.494 e. The number of carbonyl (C=O) groups is 4. The van der Waals surface area contributed by atoms with Crippen LogP contribution in [0.4, 0.5) is 17.1 Å². The fourth-order valence-corrected chi connectivity index (χ4v) is 5.39. The van der Waals surface area contributed by atoms with Gasteiger partial charge in [0.2, 0.25) is 17.7 Å². The van der Waals surface area contributed by atoms with Crippen LogP contribution in [0.3, 0.4) is 0 Å². The Balaban J connectivity index is 1.30. The summed E-state index contributed by atoms with van der Waals surface area (Å²) in [6, 6.07) is 10.1. The first-order chi connectivity index (χ1) is 18.2. The molecule has 2 fully saturated rings. The number of fused-ring (bicyclic) bond motifs is 1. The van der Waals surface area contributed by atoms with Crippen molar-refractivity contribution >= 4 is 40.8 Å². The molecule has 11 nitrogen and oxygen atoms in total. The van der Waals surface area contributed by atoms with Crippen LogP contribution in [-0.2, 0) is 19.2 Å². The third-order valence-corrected chi connectivity index (χ3v) is 7.29. The molecule has 2 saturated heterocycles. The quantitative estimate of drug-likeness (QED) is 0.142. The van der Waals surface area contributed by atoms with Crippen LogP contribution in [0.15, 0.2) is 54.6 Å². The van der Waals surface area contributed by atoms with Crippen LogP contribution in [0.5, 0.6) is 11.5 Å². The molecule has 4 atom stereocenters. The van der Waals surface area contributed by atoms with Crippen LogP contribution in [0.2, 0.25) is 0 Å². The number of methoxy groups -OCH3 is 1. The summed E-state index contributed by atoms with van der Waals surface area (Å²) in [7, 11) is 1.34. The van der Waals surface area contributed by atoms with Crippen LogP contribution in [0.1, 0.15) is 19.8 Å². The molecule has 2 heterocycles. The Bertz CT molecular complexity index is 1390. The molecule has 0 spiro atoms. The largest absolute Gasteiger partial charge is 0.494 e. The van der Waals surface area contributed by atoms with Gasteiger partial charge in [-0.15, -0.1) is 0 Å². The number of imide groups is 1. The van der Waals surface area contributed by atoms with Gasteiger partial charge in [0.15, 0.2) is 0 Å². The van der Waals surface area contributed by atoms with Crippen LogP contribution in [0.25, 0.3) is 0 Å². The van der Waals surface area contributed by atoms with E-state index in [1.165, 1.54) is 42.3 Å². The van der Waals surface area contributed by atoms with E-state index in [9.17, 15) is 29.3 Å². The number of nitro groups is 1. The Morgan fingerprint density at radius 1 is 1.11 bits per heavy atom. The molecule has 5 rings (SSSR count). The average Bonchev–Trinajstić information content (AvgIpc) is 3.41. The number of non-ortho nitro benzene ring substituents is 1. The molecule has 0 N–H and O–H groups in total. The molecule has 11 heteroatoms. The Hall–Kier alpha value is -4.54. The van der Waals surface area contributed by atoms with Crippen molar-refractivity contribution in [2.45, 2.75) is 19.8 Å². The van der Waals surface area contributed by atoms with Crippen LogP contribution in [0, 0.1) is 33.8 Å². The van der Waals surface area contributed by atoms with E-state index < -0.39 is 28.6 Å². The lowest BCUT2D eigenvalue weighted by Crippen LogP contribution is -2.31. The van der Waals surface area contributed by atoms with E-state index in [0.29, 0.717) is 17.8 Å². The molecule has 2 aliphatic heterocycles. The molecule has 0 radical (unpaired) electrons. The number of hydrogen-bond acceptors (Lipinski definition) is 8. The Morgan fingerprint density at radius 3 is 2.61 bits per heavy atom. The molecular weight excluding hydrogens is 494 g/mol. The number of ether oxygens (including phenoxy) is 2. The second-order valence-corrected chi connectivity index (χ2v) is 9.60. The third kappa shape index (κ3) is 4.29. The number of esters is 1. The zero-order valence-electron chi connectivity index (χ0n) is 20.7. The maximum Gasteiger partial charge on any atom is 0.316 e. The summed E-state index contributed by atoms with van der Waals surface area (Å²) in [5, 5.41) is 11.1. The number of anilines is 2. The first-order valence-electron chi connectivity index (χ1n) is 12.2. The van der Waals surface area contributed by atoms with Gasteiger partial charge in [-0.25, -0.2) is 4.90 Å². The standard InChI is InChI=1S/C27H25N3O8/c1-15-5-3-8-20-24(15)26(33)29(25(20)32)17-6-4-7-19(12-17)38-27(34)16-11-23(31)28(14-16)21-10-9-18(30(35)36)13-22(21)37-2/h3-7,9-10,12-13,15-16,20,24H,8,11,14H2,1-2H3/t15-,16+,20+,24+/m0/s1. The SMILES string of the molecule is COc1cc([N+](=O)[O-])ccc1N1C[C@H](C(=O)Oc2cccc(N3C(=O)[C@@H]4[C@@H](C)C=CC[C@H]4C3=O)c2)CC1=O. The van der Waals surface area contributed by atoms with Gasteiger partial charge in [-0.2, -0.15) is 0 Å². The summed E-state index contributed by atoms with van der Waals surface area (Å²) in [6.45, 7) is 1.92. The van der Waals surface area contributed by atoms with E-state index in [2.05, 4.69) is 0 Å². The minimum absolute atomic E-state index is 0.00285. The van der Waals surface area contributed by atoms with Crippen molar-refractivity contribution in [1.29, 1.82) is 0 Å². The van der Waals surface area contributed by atoms with E-state index in [4.69, 9.17) is 9.47 Å². The number of benzene rings is 2. The van der Waals surface area contributed by atoms with Gasteiger partial charge in [0.1, 0.15) is 11.5 Å². The number of nitrogens with zero attached hydrogens (tertiary/aromatic N) is 3. The van der Waals surface area contributed by atoms with Crippen molar-refractivity contribution in [2.75, 3.05) is 23.5 Å². The normalized spacial score (nSPS) is 24.5. The fraction of sp³-hybridized carbons (Fsp3) is 0.333. The van der Waals surface area contributed by atoms with Gasteiger partial charge in [-0.05, 0) is 30.5 Å². The Kier molecular flexibility index (Phi) is 6.43. The number of carbonyl (C=O) groups excluding carboxylic acids is 4. The van der Waals surface area contributed by atoms with E-state index in [1.54, 1.807) is 12.1 Å². The van der Waals surface area contributed by atoms with E-state index in [1.807, 2.05) is 19.1 Å². The molecular formula is C27H25N3O8. The zero-order chi connectivity index (χ0) is 27.1. The minimum atomic E-state index is -0.795. The highest BCUT2D eigenvalue weighted by atomic mass is 16.6. The second kappa shape index (κ2) is 9.73. The summed E-state index contributed by atoms with van der Waals surface area (Å²) < 4.78 is 10.8. The van der Waals surface area contributed by atoms with E-state index in [-0.39, 0.29) is 53.8 Å². The van der Waals surface area contributed by atoms with Crippen molar-refractivity contribution in [1.82, 2.24) is 0 Å². The van der Waals surface area contributed by atoms with E-state index >= 15 is 0 Å². The van der Waals surface area contributed by atoms with E-state index in [0.717, 1.165) is 4.90 Å². The van der Waals surface area contributed by atoms with Crippen molar-refractivity contribution in [2.24, 2.45) is 23.7 Å². The van der Waals surface area contributed by atoms with Gasteiger partial charge >= 0.3 is 5.97 Å².